The van der Waals surface area contributed by atoms with Gasteiger partial charge in [-0.25, -0.2) is 14.5 Å². The molecule has 3 aromatic rings. The summed E-state index contributed by atoms with van der Waals surface area (Å²) in [5.41, 5.74) is 1.01. The zero-order chi connectivity index (χ0) is 28.9. The monoisotopic (exact) mass is 559 g/mol. The Balaban J connectivity index is 2.09. The van der Waals surface area contributed by atoms with Crippen molar-refractivity contribution in [3.8, 4) is 11.6 Å². The lowest BCUT2D eigenvalue weighted by Crippen LogP contribution is -2.28. The van der Waals surface area contributed by atoms with Crippen LogP contribution in [0.2, 0.25) is 5.02 Å². The molecule has 2 heterocycles. The number of anilines is 1. The van der Waals surface area contributed by atoms with Gasteiger partial charge >= 0.3 is 11.9 Å². The number of carbonyl (C=O) groups excluding carboxylic acids is 2. The predicted octanol–water partition coefficient (Wildman–Crippen LogP) is 4.46. The van der Waals surface area contributed by atoms with Gasteiger partial charge in [0.25, 0.3) is 0 Å². The van der Waals surface area contributed by atoms with Gasteiger partial charge in [-0.3, -0.25) is 4.79 Å². The largest absolute Gasteiger partial charge is 0.479 e. The molecule has 0 fully saturated rings. The number of aliphatic hydroxyl groups excluding tert-OH is 1. The second-order valence-electron chi connectivity index (χ2n) is 9.92. The third-order valence-electron chi connectivity index (χ3n) is 5.40. The Bertz CT molecular complexity index is 1320. The van der Waals surface area contributed by atoms with Gasteiger partial charge in [0.2, 0.25) is 11.8 Å². The highest BCUT2D eigenvalue weighted by molar-refractivity contribution is 6.30. The lowest BCUT2D eigenvalue weighted by Gasteiger charge is -2.19. The molecule has 1 unspecified atom stereocenters. The fourth-order valence-electron chi connectivity index (χ4n) is 3.88. The van der Waals surface area contributed by atoms with E-state index in [1.165, 1.54) is 18.0 Å². The van der Waals surface area contributed by atoms with Crippen LogP contribution in [0.15, 0.2) is 30.5 Å². The van der Waals surface area contributed by atoms with Gasteiger partial charge in [0.15, 0.2) is 5.69 Å². The average molecular weight is 560 g/mol. The molecule has 0 bridgehead atoms. The van der Waals surface area contributed by atoms with E-state index in [0.717, 1.165) is 0 Å². The van der Waals surface area contributed by atoms with E-state index < -0.39 is 23.6 Å². The number of ether oxygens (including phenoxy) is 3. The molecule has 0 spiro atoms. The van der Waals surface area contributed by atoms with Crippen LogP contribution in [0.4, 0.5) is 5.95 Å². The Hall–Kier alpha value is -3.70. The van der Waals surface area contributed by atoms with Crippen LogP contribution in [-0.4, -0.2) is 62.7 Å². The molecule has 2 N–H and O–H groups in total. The summed E-state index contributed by atoms with van der Waals surface area (Å²) >= 11 is 6.03. The second-order valence-corrected chi connectivity index (χ2v) is 10.4. The smallest absolute Gasteiger partial charge is 0.359 e. The maximum Gasteiger partial charge on any atom is 0.359 e. The average Bonchev–Trinajstić information content (AvgIpc) is 3.27. The highest BCUT2D eigenvalue weighted by Crippen LogP contribution is 2.36. The minimum absolute atomic E-state index is 0.0443. The molecule has 210 valence electrons. The first kappa shape index (κ1) is 29.9. The molecule has 0 aliphatic heterocycles. The lowest BCUT2D eigenvalue weighted by molar-refractivity contribution is -0.152. The first-order valence-corrected chi connectivity index (χ1v) is 12.8. The Morgan fingerprint density at radius 1 is 1.18 bits per heavy atom. The van der Waals surface area contributed by atoms with Gasteiger partial charge in [-0.05, 0) is 51.3 Å². The molecule has 0 saturated heterocycles. The number of rotatable bonds is 10. The molecule has 1 aromatic carbocycles. The van der Waals surface area contributed by atoms with Crippen LogP contribution < -0.4 is 10.1 Å². The minimum atomic E-state index is -1.20. The van der Waals surface area contributed by atoms with Crippen molar-refractivity contribution in [2.75, 3.05) is 25.6 Å². The maximum atomic E-state index is 13.0. The van der Waals surface area contributed by atoms with E-state index in [9.17, 15) is 14.7 Å². The topological polar surface area (TPSA) is 138 Å². The second kappa shape index (κ2) is 12.4. The van der Waals surface area contributed by atoms with Gasteiger partial charge < -0.3 is 24.6 Å². The number of nitrogens with zero attached hydrogens (tertiary/aromatic N) is 4. The highest BCUT2D eigenvalue weighted by atomic mass is 35.5. The molecule has 39 heavy (non-hydrogen) atoms. The van der Waals surface area contributed by atoms with Gasteiger partial charge in [-0.1, -0.05) is 37.6 Å². The summed E-state index contributed by atoms with van der Waals surface area (Å²) in [6.45, 7) is 10.8. The summed E-state index contributed by atoms with van der Waals surface area (Å²) in [5.74, 6) is -1.09. The molecule has 0 radical (unpaired) electrons. The first-order chi connectivity index (χ1) is 18.4. The van der Waals surface area contributed by atoms with E-state index in [0.29, 0.717) is 27.5 Å². The van der Waals surface area contributed by atoms with Gasteiger partial charge in [0.05, 0.1) is 25.6 Å². The fraction of sp³-hybridized carbons (Fsp3) is 0.444. The minimum Gasteiger partial charge on any atom is -0.479 e. The number of benzene rings is 1. The summed E-state index contributed by atoms with van der Waals surface area (Å²) in [5, 5.41) is 19.3. The normalized spacial score (nSPS) is 12.3. The van der Waals surface area contributed by atoms with Crippen LogP contribution in [-0.2, 0) is 14.3 Å². The Morgan fingerprint density at radius 2 is 1.85 bits per heavy atom. The summed E-state index contributed by atoms with van der Waals surface area (Å²) in [7, 11) is 1.43. The Kier molecular flexibility index (Phi) is 9.52. The van der Waals surface area contributed by atoms with Crippen molar-refractivity contribution in [1.29, 1.82) is 0 Å². The molecule has 0 amide bonds. The van der Waals surface area contributed by atoms with Crippen molar-refractivity contribution in [2.45, 2.75) is 59.2 Å². The molecule has 0 aliphatic carbocycles. The highest BCUT2D eigenvalue weighted by Gasteiger charge is 2.32. The molecule has 11 nitrogen and oxygen atoms in total. The van der Waals surface area contributed by atoms with E-state index in [-0.39, 0.29) is 36.6 Å². The van der Waals surface area contributed by atoms with Crippen molar-refractivity contribution in [3.05, 3.63) is 58.0 Å². The van der Waals surface area contributed by atoms with Crippen molar-refractivity contribution < 1.29 is 28.9 Å². The number of esters is 2. The molecule has 0 aliphatic rings. The number of aromatic nitrogens is 4. The van der Waals surface area contributed by atoms with Crippen molar-refractivity contribution in [3.63, 3.8) is 0 Å². The fourth-order valence-corrected chi connectivity index (χ4v) is 4.01. The summed E-state index contributed by atoms with van der Waals surface area (Å²) in [6.07, 6.45) is 0.254. The molecular weight excluding hydrogens is 526 g/mol. The van der Waals surface area contributed by atoms with Crippen LogP contribution >= 0.6 is 11.6 Å². The first-order valence-electron chi connectivity index (χ1n) is 12.5. The summed E-state index contributed by atoms with van der Waals surface area (Å²) in [6, 6.07) is 6.67. The summed E-state index contributed by atoms with van der Waals surface area (Å²) < 4.78 is 17.5. The van der Waals surface area contributed by atoms with Gasteiger partial charge in [-0.2, -0.15) is 10.1 Å². The van der Waals surface area contributed by atoms with Gasteiger partial charge in [-0.15, -0.1) is 0 Å². The number of aliphatic hydroxyl groups is 1. The molecule has 2 aromatic heterocycles. The Morgan fingerprint density at radius 3 is 2.41 bits per heavy atom. The number of nitrogens with one attached hydrogen (secondary N) is 1. The van der Waals surface area contributed by atoms with Crippen LogP contribution in [0.5, 0.6) is 5.88 Å². The number of hydrogen-bond acceptors (Lipinski definition) is 10. The van der Waals surface area contributed by atoms with Crippen LogP contribution in [0.25, 0.3) is 5.69 Å². The summed E-state index contributed by atoms with van der Waals surface area (Å²) in [4.78, 5) is 33.7. The SMILES string of the molecule is CCOC(=O)c1nn(-c2cnc(NCC(=O)OC(C)(C)C)nc2OC)c(C(C)C)c1C(O)c1ccc(Cl)cc1. The zero-order valence-corrected chi connectivity index (χ0v) is 23.9. The van der Waals surface area contributed by atoms with E-state index in [1.54, 1.807) is 52.0 Å². The van der Waals surface area contributed by atoms with Gasteiger partial charge in [0, 0.05) is 10.6 Å². The van der Waals surface area contributed by atoms with Crippen molar-refractivity contribution in [2.24, 2.45) is 0 Å². The maximum absolute atomic E-state index is 13.0. The standard InChI is InChI=1S/C27H34ClN5O6/c1-8-38-25(36)21-20(23(35)16-9-11-17(28)12-10-16)22(15(2)3)33(32-21)18-13-29-26(31-24(18)37-7)30-14-19(34)39-27(4,5)6/h9-13,15,23,35H,8,14H2,1-7H3,(H,29,30,31). The van der Waals surface area contributed by atoms with E-state index >= 15 is 0 Å². The molecule has 0 saturated carbocycles. The molecule has 12 heteroatoms. The van der Waals surface area contributed by atoms with Crippen LogP contribution in [0, 0.1) is 0 Å². The lowest BCUT2D eigenvalue weighted by atomic mass is 9.94. The van der Waals surface area contributed by atoms with Gasteiger partial charge in [0.1, 0.15) is 23.9 Å². The number of hydrogen-bond donors (Lipinski definition) is 2. The number of carbonyl (C=O) groups is 2. The third kappa shape index (κ3) is 7.24. The Labute approximate surface area is 232 Å². The van der Waals surface area contributed by atoms with Crippen LogP contribution in [0.1, 0.15) is 80.9 Å². The predicted molar refractivity (Wildman–Crippen MR) is 146 cm³/mol. The molecular formula is C27H34ClN5O6. The van der Waals surface area contributed by atoms with Crippen molar-refractivity contribution in [1.82, 2.24) is 19.7 Å². The molecule has 3 rings (SSSR count). The van der Waals surface area contributed by atoms with E-state index in [1.807, 2.05) is 13.8 Å². The quantitative estimate of drug-likeness (QED) is 0.342. The number of methoxy groups -OCH3 is 1. The van der Waals surface area contributed by atoms with E-state index in [4.69, 9.17) is 25.8 Å². The molecule has 1 atom stereocenters. The third-order valence-corrected chi connectivity index (χ3v) is 5.65. The number of halogens is 1. The van der Waals surface area contributed by atoms with Crippen LogP contribution in [0.3, 0.4) is 0 Å². The van der Waals surface area contributed by atoms with E-state index in [2.05, 4.69) is 20.4 Å². The van der Waals surface area contributed by atoms with Crippen molar-refractivity contribution >= 4 is 29.5 Å². The zero-order valence-electron chi connectivity index (χ0n) is 23.1.